The molecule has 0 radical (unpaired) electrons. The van der Waals surface area contributed by atoms with Crippen molar-refractivity contribution in [3.05, 3.63) is 64.9 Å². The van der Waals surface area contributed by atoms with E-state index in [1.807, 2.05) is 30.3 Å². The van der Waals surface area contributed by atoms with Crippen molar-refractivity contribution in [1.29, 1.82) is 0 Å². The molecule has 5 heteroatoms. The van der Waals surface area contributed by atoms with E-state index in [0.29, 0.717) is 6.54 Å². The molecule has 0 heterocycles. The molecule has 0 fully saturated rings. The molecule has 2 aromatic rings. The molecule has 0 aliphatic carbocycles. The fourth-order valence-corrected chi connectivity index (χ4v) is 1.96. The first-order valence-corrected chi connectivity index (χ1v) is 6.46. The van der Waals surface area contributed by atoms with Crippen LogP contribution in [0.5, 0.6) is 0 Å². The van der Waals surface area contributed by atoms with Gasteiger partial charge in [-0.05, 0) is 17.7 Å². The lowest BCUT2D eigenvalue weighted by Gasteiger charge is -2.18. The Bertz CT molecular complexity index is 584. The second-order valence-electron chi connectivity index (χ2n) is 4.37. The second-order valence-corrected chi connectivity index (χ2v) is 4.78. The molecule has 104 valence electrons. The van der Waals surface area contributed by atoms with Crippen LogP contribution in [-0.2, 0) is 6.54 Å². The number of para-hydroxylation sites is 1. The lowest BCUT2D eigenvalue weighted by Crippen LogP contribution is -2.31. The molecule has 0 saturated heterocycles. The van der Waals surface area contributed by atoms with Gasteiger partial charge in [-0.15, -0.1) is 0 Å². The first-order chi connectivity index (χ1) is 9.58. The molecule has 0 saturated carbocycles. The van der Waals surface area contributed by atoms with Crippen LogP contribution in [0.1, 0.15) is 5.56 Å². The van der Waals surface area contributed by atoms with Crippen molar-refractivity contribution in [2.24, 2.45) is 0 Å². The third-order valence-corrected chi connectivity index (χ3v) is 3.12. The maximum atomic E-state index is 13.6. The predicted molar refractivity (Wildman–Crippen MR) is 78.3 cm³/mol. The van der Waals surface area contributed by atoms with Crippen molar-refractivity contribution >= 4 is 23.3 Å². The number of nitrogens with one attached hydrogen (secondary N) is 1. The maximum absolute atomic E-state index is 13.6. The van der Waals surface area contributed by atoms with Gasteiger partial charge in [0, 0.05) is 13.6 Å². The van der Waals surface area contributed by atoms with Gasteiger partial charge in [0.1, 0.15) is 5.82 Å². The van der Waals surface area contributed by atoms with Gasteiger partial charge in [-0.25, -0.2) is 9.18 Å². The zero-order valence-corrected chi connectivity index (χ0v) is 11.7. The number of rotatable bonds is 3. The normalized spacial score (nSPS) is 10.2. The SMILES string of the molecule is CN(Cc1ccccc1)C(=O)Nc1c(F)cccc1Cl. The Labute approximate surface area is 122 Å². The zero-order chi connectivity index (χ0) is 14.5. The predicted octanol–water partition coefficient (Wildman–Crippen LogP) is 4.14. The Morgan fingerprint density at radius 2 is 1.90 bits per heavy atom. The Kier molecular flexibility index (Phi) is 4.58. The highest BCUT2D eigenvalue weighted by atomic mass is 35.5. The average molecular weight is 293 g/mol. The monoisotopic (exact) mass is 292 g/mol. The average Bonchev–Trinajstić information content (AvgIpc) is 2.44. The van der Waals surface area contributed by atoms with Crippen LogP contribution in [-0.4, -0.2) is 18.0 Å². The number of benzene rings is 2. The summed E-state index contributed by atoms with van der Waals surface area (Å²) in [7, 11) is 1.64. The summed E-state index contributed by atoms with van der Waals surface area (Å²) in [4.78, 5) is 13.5. The van der Waals surface area contributed by atoms with Crippen LogP contribution in [0.2, 0.25) is 5.02 Å². The number of carbonyl (C=O) groups excluding carboxylic acids is 1. The van der Waals surface area contributed by atoms with Gasteiger partial charge in [0.05, 0.1) is 10.7 Å². The molecule has 0 aromatic heterocycles. The van der Waals surface area contributed by atoms with Crippen molar-refractivity contribution in [2.75, 3.05) is 12.4 Å². The standard InChI is InChI=1S/C15H14ClFN2O/c1-19(10-11-6-3-2-4-7-11)15(20)18-14-12(16)8-5-9-13(14)17/h2-9H,10H2,1H3,(H,18,20). The molecule has 0 spiro atoms. The molecule has 20 heavy (non-hydrogen) atoms. The van der Waals surface area contributed by atoms with Crippen LogP contribution < -0.4 is 5.32 Å². The highest BCUT2D eigenvalue weighted by Crippen LogP contribution is 2.24. The van der Waals surface area contributed by atoms with E-state index in [-0.39, 0.29) is 10.7 Å². The van der Waals surface area contributed by atoms with Crippen LogP contribution >= 0.6 is 11.6 Å². The fourth-order valence-electron chi connectivity index (χ4n) is 1.75. The minimum atomic E-state index is -0.557. The zero-order valence-electron chi connectivity index (χ0n) is 10.9. The van der Waals surface area contributed by atoms with Crippen LogP contribution in [0.4, 0.5) is 14.9 Å². The number of urea groups is 1. The highest BCUT2D eigenvalue weighted by molar-refractivity contribution is 6.33. The minimum Gasteiger partial charge on any atom is -0.323 e. The number of halogens is 2. The Hall–Kier alpha value is -2.07. The molecule has 0 atom stereocenters. The number of hydrogen-bond donors (Lipinski definition) is 1. The van der Waals surface area contributed by atoms with Gasteiger partial charge in [-0.2, -0.15) is 0 Å². The molecule has 3 nitrogen and oxygen atoms in total. The fraction of sp³-hybridized carbons (Fsp3) is 0.133. The van der Waals surface area contributed by atoms with Crippen LogP contribution in [0.3, 0.4) is 0 Å². The summed E-state index contributed by atoms with van der Waals surface area (Å²) in [5.74, 6) is -0.557. The Morgan fingerprint density at radius 3 is 2.55 bits per heavy atom. The molecule has 1 N–H and O–H groups in total. The van der Waals surface area contributed by atoms with Crippen molar-refractivity contribution in [3.63, 3.8) is 0 Å². The van der Waals surface area contributed by atoms with E-state index in [0.717, 1.165) is 5.56 Å². The lowest BCUT2D eigenvalue weighted by molar-refractivity contribution is 0.220. The van der Waals surface area contributed by atoms with E-state index in [9.17, 15) is 9.18 Å². The highest BCUT2D eigenvalue weighted by Gasteiger charge is 2.14. The maximum Gasteiger partial charge on any atom is 0.322 e. The van der Waals surface area contributed by atoms with Gasteiger partial charge in [0.2, 0.25) is 0 Å². The third kappa shape index (κ3) is 3.48. The van der Waals surface area contributed by atoms with Gasteiger partial charge in [0.15, 0.2) is 0 Å². The number of nitrogens with zero attached hydrogens (tertiary/aromatic N) is 1. The van der Waals surface area contributed by atoms with Crippen LogP contribution in [0.15, 0.2) is 48.5 Å². The van der Waals surface area contributed by atoms with Gasteiger partial charge in [-0.1, -0.05) is 48.0 Å². The van der Waals surface area contributed by atoms with Crippen molar-refractivity contribution < 1.29 is 9.18 Å². The molecule has 0 bridgehead atoms. The topological polar surface area (TPSA) is 32.3 Å². The molecule has 0 unspecified atom stereocenters. The number of anilines is 1. The first-order valence-electron chi connectivity index (χ1n) is 6.08. The lowest BCUT2D eigenvalue weighted by atomic mass is 10.2. The summed E-state index contributed by atoms with van der Waals surface area (Å²) in [5.41, 5.74) is 0.990. The van der Waals surface area contributed by atoms with Gasteiger partial charge >= 0.3 is 6.03 Å². The molecule has 2 amide bonds. The van der Waals surface area contributed by atoms with E-state index in [2.05, 4.69) is 5.32 Å². The minimum absolute atomic E-state index is 0.000853. The summed E-state index contributed by atoms with van der Waals surface area (Å²) >= 11 is 5.87. The molecular formula is C15H14ClFN2O. The van der Waals surface area contributed by atoms with Crippen LogP contribution in [0.25, 0.3) is 0 Å². The van der Waals surface area contributed by atoms with E-state index in [4.69, 9.17) is 11.6 Å². The second kappa shape index (κ2) is 6.39. The van der Waals surface area contributed by atoms with E-state index in [1.165, 1.54) is 23.1 Å². The van der Waals surface area contributed by atoms with E-state index >= 15 is 0 Å². The van der Waals surface area contributed by atoms with Crippen molar-refractivity contribution in [3.8, 4) is 0 Å². The summed E-state index contributed by atoms with van der Waals surface area (Å²) in [6, 6.07) is 13.4. The summed E-state index contributed by atoms with van der Waals surface area (Å²) < 4.78 is 13.6. The summed E-state index contributed by atoms with van der Waals surface area (Å²) in [6.45, 7) is 0.429. The first kappa shape index (κ1) is 14.3. The molecule has 0 aliphatic rings. The Morgan fingerprint density at radius 1 is 1.20 bits per heavy atom. The van der Waals surface area contributed by atoms with Crippen molar-refractivity contribution in [2.45, 2.75) is 6.54 Å². The molecule has 0 aliphatic heterocycles. The number of hydrogen-bond acceptors (Lipinski definition) is 1. The Balaban J connectivity index is 2.05. The summed E-state index contributed by atoms with van der Waals surface area (Å²) in [5, 5.41) is 2.65. The number of carbonyl (C=O) groups is 1. The van der Waals surface area contributed by atoms with Gasteiger partial charge in [0.25, 0.3) is 0 Å². The largest absolute Gasteiger partial charge is 0.323 e. The third-order valence-electron chi connectivity index (χ3n) is 2.80. The molecule has 2 rings (SSSR count). The van der Waals surface area contributed by atoms with Crippen LogP contribution in [0, 0.1) is 5.82 Å². The molecular weight excluding hydrogens is 279 g/mol. The smallest absolute Gasteiger partial charge is 0.322 e. The van der Waals surface area contributed by atoms with E-state index in [1.54, 1.807) is 7.05 Å². The summed E-state index contributed by atoms with van der Waals surface area (Å²) in [6.07, 6.45) is 0. The van der Waals surface area contributed by atoms with Gasteiger partial charge in [-0.3, -0.25) is 0 Å². The number of amides is 2. The molecule has 2 aromatic carbocycles. The quantitative estimate of drug-likeness (QED) is 0.906. The van der Waals surface area contributed by atoms with Gasteiger partial charge < -0.3 is 10.2 Å². The van der Waals surface area contributed by atoms with Crippen molar-refractivity contribution in [1.82, 2.24) is 4.90 Å². The van der Waals surface area contributed by atoms with E-state index < -0.39 is 11.8 Å².